The molecule has 2 saturated heterocycles. The van der Waals surface area contributed by atoms with E-state index in [1.165, 1.54) is 12.0 Å². The number of nitrogens with one attached hydrogen (secondary N) is 2. The Kier molecular flexibility index (Phi) is 7.53. The average molecular weight is 480 g/mol. The second-order valence-corrected chi connectivity index (χ2v) is 12.0. The minimum Gasteiger partial charge on any atom is -0.467 e. The molecule has 0 aromatic rings. The summed E-state index contributed by atoms with van der Waals surface area (Å²) in [7, 11) is 1.26. The van der Waals surface area contributed by atoms with Crippen molar-refractivity contribution in [2.45, 2.75) is 109 Å². The number of nitrogens with zero attached hydrogens (tertiary/aromatic N) is 1. The van der Waals surface area contributed by atoms with E-state index in [1.807, 2.05) is 13.8 Å². The predicted molar refractivity (Wildman–Crippen MR) is 126 cm³/mol. The van der Waals surface area contributed by atoms with Gasteiger partial charge in [-0.3, -0.25) is 14.5 Å². The van der Waals surface area contributed by atoms with Crippen LogP contribution in [0.3, 0.4) is 0 Å². The van der Waals surface area contributed by atoms with Gasteiger partial charge >= 0.3 is 12.1 Å². The van der Waals surface area contributed by atoms with Gasteiger partial charge in [-0.2, -0.15) is 0 Å². The lowest BCUT2D eigenvalue weighted by Crippen LogP contribution is -2.52. The van der Waals surface area contributed by atoms with Crippen molar-refractivity contribution >= 4 is 23.9 Å². The topological polar surface area (TPSA) is 114 Å². The van der Waals surface area contributed by atoms with Crippen molar-refractivity contribution in [3.05, 3.63) is 0 Å². The maximum atomic E-state index is 13.5. The van der Waals surface area contributed by atoms with E-state index >= 15 is 0 Å². The first kappa shape index (κ1) is 26.3. The standard InChI is InChI=1S/C25H41N3O6/c1-23(2,3)34-22(32)28-15-25(10-8-7-9-11-25)14-18(28)20(30)26-17(21(31)33-6)12-16-13-24(4,5)27-19(16)29/h16-18H,7-15H2,1-6H3,(H,26,30)(H,27,29)/t16?,17-,18?/m0/s1. The Bertz CT molecular complexity index is 812. The summed E-state index contributed by atoms with van der Waals surface area (Å²) in [5, 5.41) is 5.73. The molecule has 2 N–H and O–H groups in total. The molecule has 1 spiro atoms. The normalized spacial score (nSPS) is 26.6. The smallest absolute Gasteiger partial charge is 0.410 e. The molecule has 9 heteroatoms. The Morgan fingerprint density at radius 2 is 1.79 bits per heavy atom. The number of amides is 3. The lowest BCUT2D eigenvalue weighted by molar-refractivity contribution is -0.146. The molecule has 0 aromatic carbocycles. The quantitative estimate of drug-likeness (QED) is 0.586. The highest BCUT2D eigenvalue weighted by molar-refractivity contribution is 5.91. The van der Waals surface area contributed by atoms with E-state index in [0.29, 0.717) is 19.4 Å². The average Bonchev–Trinajstić information content (AvgIpc) is 3.22. The van der Waals surface area contributed by atoms with Crippen molar-refractivity contribution < 1.29 is 28.7 Å². The third-order valence-corrected chi connectivity index (χ3v) is 7.26. The molecule has 3 rings (SSSR count). The fraction of sp³-hybridized carbons (Fsp3) is 0.840. The molecule has 0 radical (unpaired) electrons. The first-order chi connectivity index (χ1) is 15.7. The fourth-order valence-electron chi connectivity index (χ4n) is 5.76. The number of rotatable bonds is 5. The molecule has 3 fully saturated rings. The second-order valence-electron chi connectivity index (χ2n) is 12.0. The van der Waals surface area contributed by atoms with Crippen LogP contribution in [0.2, 0.25) is 0 Å². The molecule has 0 aromatic heterocycles. The van der Waals surface area contributed by atoms with Crippen molar-refractivity contribution in [3.8, 4) is 0 Å². The van der Waals surface area contributed by atoms with Crippen LogP contribution in [-0.4, -0.2) is 65.7 Å². The minimum absolute atomic E-state index is 0.104. The summed E-state index contributed by atoms with van der Waals surface area (Å²) in [5.41, 5.74) is -1.15. The van der Waals surface area contributed by atoms with E-state index in [-0.39, 0.29) is 23.3 Å². The zero-order chi connectivity index (χ0) is 25.3. The monoisotopic (exact) mass is 479 g/mol. The first-order valence-corrected chi connectivity index (χ1v) is 12.4. The van der Waals surface area contributed by atoms with Crippen LogP contribution in [0, 0.1) is 11.3 Å². The van der Waals surface area contributed by atoms with E-state index in [9.17, 15) is 19.2 Å². The summed E-state index contributed by atoms with van der Waals surface area (Å²) in [6.07, 6.45) is 5.99. The molecule has 1 aliphatic carbocycles. The van der Waals surface area contributed by atoms with Crippen LogP contribution in [0.15, 0.2) is 0 Å². The predicted octanol–water partition coefficient (Wildman–Crippen LogP) is 2.91. The zero-order valence-electron chi connectivity index (χ0n) is 21.5. The molecule has 2 heterocycles. The lowest BCUT2D eigenvalue weighted by Gasteiger charge is -2.33. The number of methoxy groups -OCH3 is 1. The van der Waals surface area contributed by atoms with Crippen LogP contribution in [0.5, 0.6) is 0 Å². The van der Waals surface area contributed by atoms with Crippen LogP contribution in [0.4, 0.5) is 4.79 Å². The minimum atomic E-state index is -0.967. The molecule has 192 valence electrons. The van der Waals surface area contributed by atoms with E-state index in [1.54, 1.807) is 20.8 Å². The summed E-state index contributed by atoms with van der Waals surface area (Å²) in [6, 6.07) is -1.69. The van der Waals surface area contributed by atoms with Crippen molar-refractivity contribution in [1.82, 2.24) is 15.5 Å². The molecule has 9 nitrogen and oxygen atoms in total. The lowest BCUT2D eigenvalue weighted by atomic mass is 9.72. The van der Waals surface area contributed by atoms with E-state index in [4.69, 9.17) is 9.47 Å². The van der Waals surface area contributed by atoms with Gasteiger partial charge in [0, 0.05) is 18.0 Å². The van der Waals surface area contributed by atoms with Gasteiger partial charge in [-0.05, 0) is 72.1 Å². The number of hydrogen-bond donors (Lipinski definition) is 2. The number of carbonyl (C=O) groups excluding carboxylic acids is 4. The maximum absolute atomic E-state index is 13.5. The molecule has 3 atom stereocenters. The second kappa shape index (κ2) is 9.74. The molecule has 3 amide bonds. The van der Waals surface area contributed by atoms with E-state index in [0.717, 1.165) is 32.1 Å². The molecule has 34 heavy (non-hydrogen) atoms. The van der Waals surface area contributed by atoms with Gasteiger partial charge in [-0.25, -0.2) is 9.59 Å². The summed E-state index contributed by atoms with van der Waals surface area (Å²) in [6.45, 7) is 9.73. The van der Waals surface area contributed by atoms with Crippen LogP contribution in [0.1, 0.15) is 86.0 Å². The third-order valence-electron chi connectivity index (χ3n) is 7.26. The Morgan fingerprint density at radius 3 is 2.32 bits per heavy atom. The molecule has 3 aliphatic rings. The molecule has 0 bridgehead atoms. The number of likely N-dealkylation sites (tertiary alicyclic amines) is 1. The van der Waals surface area contributed by atoms with Gasteiger partial charge in [-0.1, -0.05) is 19.3 Å². The van der Waals surface area contributed by atoms with Crippen molar-refractivity contribution in [1.29, 1.82) is 0 Å². The SMILES string of the molecule is COC(=O)[C@H](CC1CC(C)(C)NC1=O)NC(=O)C1CC2(CCCCC2)CN1C(=O)OC(C)(C)C. The van der Waals surface area contributed by atoms with Crippen molar-refractivity contribution in [3.63, 3.8) is 0 Å². The highest BCUT2D eigenvalue weighted by Crippen LogP contribution is 2.46. The summed E-state index contributed by atoms with van der Waals surface area (Å²) in [4.78, 5) is 53.0. The molecular formula is C25H41N3O6. The van der Waals surface area contributed by atoms with E-state index < -0.39 is 41.6 Å². The molecular weight excluding hydrogens is 438 g/mol. The maximum Gasteiger partial charge on any atom is 0.410 e. The summed E-state index contributed by atoms with van der Waals surface area (Å²) >= 11 is 0. The Labute approximate surface area is 202 Å². The highest BCUT2D eigenvalue weighted by Gasteiger charge is 2.50. The van der Waals surface area contributed by atoms with Crippen LogP contribution >= 0.6 is 0 Å². The van der Waals surface area contributed by atoms with Crippen LogP contribution < -0.4 is 10.6 Å². The van der Waals surface area contributed by atoms with Gasteiger partial charge in [0.15, 0.2) is 0 Å². The van der Waals surface area contributed by atoms with Gasteiger partial charge in [0.1, 0.15) is 17.7 Å². The first-order valence-electron chi connectivity index (χ1n) is 12.4. The third kappa shape index (κ3) is 6.21. The highest BCUT2D eigenvalue weighted by atomic mass is 16.6. The molecule has 2 aliphatic heterocycles. The van der Waals surface area contributed by atoms with Crippen LogP contribution in [0.25, 0.3) is 0 Å². The van der Waals surface area contributed by atoms with Crippen molar-refractivity contribution in [2.24, 2.45) is 11.3 Å². The van der Waals surface area contributed by atoms with Gasteiger partial charge in [-0.15, -0.1) is 0 Å². The van der Waals surface area contributed by atoms with Gasteiger partial charge in [0.25, 0.3) is 0 Å². The largest absolute Gasteiger partial charge is 0.467 e. The summed E-state index contributed by atoms with van der Waals surface area (Å²) in [5.74, 6) is -1.54. The fourth-order valence-corrected chi connectivity index (χ4v) is 5.76. The molecule has 1 saturated carbocycles. The summed E-state index contributed by atoms with van der Waals surface area (Å²) < 4.78 is 10.5. The number of ether oxygens (including phenoxy) is 2. The van der Waals surface area contributed by atoms with Gasteiger partial charge in [0.2, 0.25) is 11.8 Å². The van der Waals surface area contributed by atoms with E-state index in [2.05, 4.69) is 10.6 Å². The Hall–Kier alpha value is -2.32. The number of carbonyl (C=O) groups is 4. The number of hydrogen-bond acceptors (Lipinski definition) is 6. The number of esters is 1. The molecule has 2 unspecified atom stereocenters. The zero-order valence-corrected chi connectivity index (χ0v) is 21.5. The van der Waals surface area contributed by atoms with Crippen LogP contribution in [-0.2, 0) is 23.9 Å². The van der Waals surface area contributed by atoms with Crippen molar-refractivity contribution in [2.75, 3.05) is 13.7 Å². The van der Waals surface area contributed by atoms with Gasteiger partial charge < -0.3 is 20.1 Å². The Morgan fingerprint density at radius 1 is 1.15 bits per heavy atom. The van der Waals surface area contributed by atoms with Gasteiger partial charge in [0.05, 0.1) is 7.11 Å². The Balaban J connectivity index is 1.77.